The number of nitrogens with zero attached hydrogens (tertiary/aromatic N) is 1. The Bertz CT molecular complexity index is 1130. The zero-order valence-corrected chi connectivity index (χ0v) is 18.0. The number of aryl methyl sites for hydroxylation is 1. The number of urea groups is 1. The lowest BCUT2D eigenvalue weighted by atomic mass is 9.95. The number of carbonyl (C=O) groups is 2. The topological polar surface area (TPSA) is 80.3 Å². The van der Waals surface area contributed by atoms with Crippen molar-refractivity contribution in [2.24, 2.45) is 0 Å². The number of halogens is 1. The molecule has 1 aromatic heterocycles. The van der Waals surface area contributed by atoms with Crippen molar-refractivity contribution in [3.8, 4) is 0 Å². The molecule has 0 bridgehead atoms. The number of amides is 2. The first-order valence-corrected chi connectivity index (χ1v) is 10.7. The summed E-state index contributed by atoms with van der Waals surface area (Å²) in [6.45, 7) is 0.129. The van der Waals surface area contributed by atoms with Crippen LogP contribution in [0, 0.1) is 0 Å². The highest BCUT2D eigenvalue weighted by molar-refractivity contribution is 6.31. The van der Waals surface area contributed by atoms with E-state index in [1.165, 1.54) is 0 Å². The molecule has 1 aliphatic rings. The molecule has 2 amide bonds. The highest BCUT2D eigenvalue weighted by atomic mass is 35.5. The van der Waals surface area contributed by atoms with Gasteiger partial charge in [-0.2, -0.15) is 0 Å². The molecule has 0 saturated heterocycles. The van der Waals surface area contributed by atoms with Crippen LogP contribution >= 0.6 is 11.6 Å². The molecule has 3 aromatic rings. The molecule has 4 rings (SSSR count). The zero-order chi connectivity index (χ0) is 22.3. The van der Waals surface area contributed by atoms with E-state index in [9.17, 15) is 9.59 Å². The Morgan fingerprint density at radius 1 is 0.969 bits per heavy atom. The first-order valence-electron chi connectivity index (χ1n) is 10.3. The van der Waals surface area contributed by atoms with Crippen molar-refractivity contribution in [2.75, 3.05) is 0 Å². The maximum Gasteiger partial charge on any atom is 0.338 e. The molecule has 0 saturated carbocycles. The van der Waals surface area contributed by atoms with E-state index in [4.69, 9.17) is 16.3 Å². The predicted molar refractivity (Wildman–Crippen MR) is 122 cm³/mol. The number of nitrogens with one attached hydrogen (secondary N) is 2. The third kappa shape index (κ3) is 5.15. The summed E-state index contributed by atoms with van der Waals surface area (Å²) in [5.41, 5.74) is 3.21. The summed E-state index contributed by atoms with van der Waals surface area (Å²) >= 11 is 6.29. The van der Waals surface area contributed by atoms with E-state index in [0.29, 0.717) is 34.8 Å². The van der Waals surface area contributed by atoms with Crippen molar-refractivity contribution in [3.05, 3.63) is 112 Å². The van der Waals surface area contributed by atoms with E-state index in [-0.39, 0.29) is 6.61 Å². The number of pyridine rings is 1. The number of hydrogen-bond donors (Lipinski definition) is 2. The van der Waals surface area contributed by atoms with E-state index < -0.39 is 18.0 Å². The molecule has 2 aromatic carbocycles. The number of esters is 1. The van der Waals surface area contributed by atoms with Crippen molar-refractivity contribution < 1.29 is 14.3 Å². The van der Waals surface area contributed by atoms with Crippen LogP contribution in [0.2, 0.25) is 5.02 Å². The van der Waals surface area contributed by atoms with E-state index >= 15 is 0 Å². The lowest BCUT2D eigenvalue weighted by Gasteiger charge is -2.29. The standard InChI is InChI=1S/C25H22ClN3O3/c26-19-11-5-4-10-18(19)13-14-20-22(24(30)32-16-17-8-2-1-3-9-17)23(29-25(31)28-20)21-12-6-7-15-27-21/h1-12,15,23H,13-14,16H2,(H2,28,29,31). The summed E-state index contributed by atoms with van der Waals surface area (Å²) in [4.78, 5) is 30.0. The van der Waals surface area contributed by atoms with Gasteiger partial charge in [-0.3, -0.25) is 4.98 Å². The monoisotopic (exact) mass is 447 g/mol. The predicted octanol–water partition coefficient (Wildman–Crippen LogP) is 4.72. The van der Waals surface area contributed by atoms with Gasteiger partial charge >= 0.3 is 12.0 Å². The number of hydrogen-bond acceptors (Lipinski definition) is 4. The second-order valence-electron chi connectivity index (χ2n) is 7.33. The largest absolute Gasteiger partial charge is 0.457 e. The summed E-state index contributed by atoms with van der Waals surface area (Å²) in [5.74, 6) is -0.508. The molecular weight excluding hydrogens is 426 g/mol. The van der Waals surface area contributed by atoms with Crippen LogP contribution in [0.15, 0.2) is 90.3 Å². The van der Waals surface area contributed by atoms with Crippen LogP contribution in [-0.4, -0.2) is 17.0 Å². The summed E-state index contributed by atoms with van der Waals surface area (Å²) in [7, 11) is 0. The average molecular weight is 448 g/mol. The van der Waals surface area contributed by atoms with Crippen molar-refractivity contribution >= 4 is 23.6 Å². The van der Waals surface area contributed by atoms with Crippen LogP contribution in [0.5, 0.6) is 0 Å². The molecule has 1 aliphatic heterocycles. The number of allylic oxidation sites excluding steroid dienone is 1. The van der Waals surface area contributed by atoms with Crippen LogP contribution in [0.3, 0.4) is 0 Å². The van der Waals surface area contributed by atoms with Gasteiger partial charge in [-0.15, -0.1) is 0 Å². The van der Waals surface area contributed by atoms with Gasteiger partial charge < -0.3 is 15.4 Å². The molecule has 162 valence electrons. The van der Waals surface area contributed by atoms with Crippen LogP contribution in [0.1, 0.15) is 29.3 Å². The first kappa shape index (κ1) is 21.6. The second kappa shape index (κ2) is 10.1. The van der Waals surface area contributed by atoms with Gasteiger partial charge in [0.2, 0.25) is 0 Å². The summed E-state index contributed by atoms with van der Waals surface area (Å²) < 4.78 is 5.62. The molecule has 1 unspecified atom stereocenters. The number of aromatic nitrogens is 1. The SMILES string of the molecule is O=C1NC(CCc2ccccc2Cl)=C(C(=O)OCc2ccccc2)C(c2ccccn2)N1. The van der Waals surface area contributed by atoms with Gasteiger partial charge in [-0.1, -0.05) is 66.2 Å². The van der Waals surface area contributed by atoms with Crippen LogP contribution < -0.4 is 10.6 Å². The molecule has 0 spiro atoms. The number of rotatable bonds is 7. The number of benzene rings is 2. The highest BCUT2D eigenvalue weighted by Gasteiger charge is 2.34. The Labute approximate surface area is 191 Å². The Morgan fingerprint density at radius 2 is 1.72 bits per heavy atom. The molecule has 7 heteroatoms. The van der Waals surface area contributed by atoms with Crippen LogP contribution in [0.4, 0.5) is 4.79 Å². The second-order valence-corrected chi connectivity index (χ2v) is 7.74. The fourth-order valence-electron chi connectivity index (χ4n) is 3.59. The Kier molecular flexibility index (Phi) is 6.82. The third-order valence-electron chi connectivity index (χ3n) is 5.17. The fraction of sp³-hybridized carbons (Fsp3) is 0.160. The minimum absolute atomic E-state index is 0.129. The normalized spacial score (nSPS) is 15.7. The van der Waals surface area contributed by atoms with Gasteiger partial charge in [0.1, 0.15) is 12.6 Å². The molecular formula is C25H22ClN3O3. The molecule has 2 N–H and O–H groups in total. The Balaban J connectivity index is 1.65. The highest BCUT2D eigenvalue weighted by Crippen LogP contribution is 2.29. The zero-order valence-electron chi connectivity index (χ0n) is 17.3. The summed E-state index contributed by atoms with van der Waals surface area (Å²) in [5, 5.41) is 6.24. The molecule has 1 atom stereocenters. The van der Waals surface area contributed by atoms with Gasteiger partial charge in [0.05, 0.1) is 11.3 Å². The van der Waals surface area contributed by atoms with E-state index in [1.54, 1.807) is 18.3 Å². The molecule has 0 fully saturated rings. The van der Waals surface area contributed by atoms with Crippen molar-refractivity contribution in [1.82, 2.24) is 15.6 Å². The quantitative estimate of drug-likeness (QED) is 0.513. The lowest BCUT2D eigenvalue weighted by molar-refractivity contribution is -0.140. The molecule has 0 radical (unpaired) electrons. The molecule has 32 heavy (non-hydrogen) atoms. The van der Waals surface area contributed by atoms with Gasteiger partial charge in [-0.25, -0.2) is 9.59 Å². The number of carbonyl (C=O) groups excluding carboxylic acids is 2. The first-order chi connectivity index (χ1) is 15.6. The van der Waals surface area contributed by atoms with Gasteiger partial charge in [-0.05, 0) is 42.2 Å². The minimum Gasteiger partial charge on any atom is -0.457 e. The lowest BCUT2D eigenvalue weighted by Crippen LogP contribution is -2.46. The molecule has 0 aliphatic carbocycles. The summed E-state index contributed by atoms with van der Waals surface area (Å²) in [6.07, 6.45) is 2.59. The van der Waals surface area contributed by atoms with Crippen LogP contribution in [-0.2, 0) is 22.6 Å². The van der Waals surface area contributed by atoms with Gasteiger partial charge in [0, 0.05) is 16.9 Å². The van der Waals surface area contributed by atoms with Gasteiger partial charge in [0.15, 0.2) is 0 Å². The van der Waals surface area contributed by atoms with Gasteiger partial charge in [0.25, 0.3) is 0 Å². The molecule has 6 nitrogen and oxygen atoms in total. The van der Waals surface area contributed by atoms with Crippen molar-refractivity contribution in [2.45, 2.75) is 25.5 Å². The molecule has 2 heterocycles. The van der Waals surface area contributed by atoms with Crippen molar-refractivity contribution in [1.29, 1.82) is 0 Å². The maximum atomic E-state index is 13.2. The van der Waals surface area contributed by atoms with Crippen molar-refractivity contribution in [3.63, 3.8) is 0 Å². The summed E-state index contributed by atoms with van der Waals surface area (Å²) in [6, 6.07) is 21.2. The fourth-order valence-corrected chi connectivity index (χ4v) is 3.82. The van der Waals surface area contributed by atoms with E-state index in [2.05, 4.69) is 15.6 Å². The third-order valence-corrected chi connectivity index (χ3v) is 5.54. The minimum atomic E-state index is -0.713. The Hall–Kier alpha value is -3.64. The van der Waals surface area contributed by atoms with Crippen LogP contribution in [0.25, 0.3) is 0 Å². The van der Waals surface area contributed by atoms with E-state index in [0.717, 1.165) is 11.1 Å². The average Bonchev–Trinajstić information content (AvgIpc) is 2.83. The van der Waals surface area contributed by atoms with E-state index in [1.807, 2.05) is 60.7 Å². The Morgan fingerprint density at radius 3 is 2.47 bits per heavy atom. The smallest absolute Gasteiger partial charge is 0.338 e. The number of ether oxygens (including phenoxy) is 1. The maximum absolute atomic E-state index is 13.2.